The van der Waals surface area contributed by atoms with Crippen LogP contribution in [0.2, 0.25) is 5.02 Å². The summed E-state index contributed by atoms with van der Waals surface area (Å²) >= 11 is 5.96. The number of nitro groups is 5. The summed E-state index contributed by atoms with van der Waals surface area (Å²) in [5.74, 6) is -1.59. The molecule has 0 spiro atoms. The summed E-state index contributed by atoms with van der Waals surface area (Å²) in [6.07, 6.45) is 9.51. The van der Waals surface area contributed by atoms with Gasteiger partial charge in [0.2, 0.25) is 46.3 Å². The van der Waals surface area contributed by atoms with Gasteiger partial charge in [0.05, 0.1) is 69.6 Å². The van der Waals surface area contributed by atoms with E-state index in [4.69, 9.17) is 11.6 Å². The number of benzene rings is 8. The number of azo groups is 4. The van der Waals surface area contributed by atoms with Crippen LogP contribution in [-0.4, -0.2) is 165 Å². The van der Waals surface area contributed by atoms with Crippen molar-refractivity contribution in [3.63, 3.8) is 0 Å². The van der Waals surface area contributed by atoms with Crippen LogP contribution in [0.5, 0.6) is 46.5 Å². The van der Waals surface area contributed by atoms with E-state index in [1.54, 1.807) is 45.3 Å². The van der Waals surface area contributed by atoms with Gasteiger partial charge in [0.15, 0.2) is 22.7 Å². The van der Waals surface area contributed by atoms with E-state index in [9.17, 15) is 91.4 Å². The van der Waals surface area contributed by atoms with Gasteiger partial charge in [0.1, 0.15) is 71.3 Å². The second kappa shape index (κ2) is 50.2. The van der Waals surface area contributed by atoms with Crippen LogP contribution in [0.3, 0.4) is 0 Å². The number of nitro benzene ring substituents is 5. The molecule has 0 atom stereocenters. The molecule has 0 amide bonds. The molecule has 2 aliphatic heterocycles. The smallest absolute Gasteiger partial charge is 0.271 e. The number of hydrazone groups is 2. The minimum absolute atomic E-state index is 0. The van der Waals surface area contributed by atoms with Crippen LogP contribution < -0.4 is 10.0 Å². The molecule has 48 heteroatoms. The number of aromatic hydroxyl groups is 8. The quantitative estimate of drug-likeness (QED) is 0.00709. The Morgan fingerprint density at radius 1 is 0.364 bits per heavy atom. The van der Waals surface area contributed by atoms with Crippen molar-refractivity contribution >= 4 is 132 Å². The Kier molecular flexibility index (Phi) is 39.8. The van der Waals surface area contributed by atoms with Crippen LogP contribution >= 0.6 is 11.6 Å². The van der Waals surface area contributed by atoms with Crippen molar-refractivity contribution < 1.29 is 108 Å². The largest absolute Gasteiger partial charge is 0.506 e. The van der Waals surface area contributed by atoms with Crippen LogP contribution in [0.4, 0.5) is 96.7 Å². The fourth-order valence-electron chi connectivity index (χ4n) is 14.2. The molecule has 45 nitrogen and oxygen atoms in total. The number of halogens is 1. The molecule has 6 heterocycles. The average Bonchev–Trinajstić information content (AvgIpc) is 1.60. The molecule has 0 aliphatic carbocycles. The molecule has 0 bridgehead atoms. The van der Waals surface area contributed by atoms with E-state index in [1.165, 1.54) is 108 Å². The van der Waals surface area contributed by atoms with Crippen LogP contribution in [0.1, 0.15) is 129 Å². The fraction of sp³-hybridized carbons (Fsp3) is 0.304. The van der Waals surface area contributed by atoms with E-state index in [-0.39, 0.29) is 165 Å². The number of anilines is 2. The van der Waals surface area contributed by atoms with Gasteiger partial charge in [-0.1, -0.05) is 101 Å². The number of non-ortho nitro benzene ring substituents is 5. The monoisotopic (exact) mass is 2030 g/mol. The first kappa shape index (κ1) is 111. The van der Waals surface area contributed by atoms with Gasteiger partial charge >= 0.3 is 0 Å². The van der Waals surface area contributed by atoms with Crippen molar-refractivity contribution in [1.29, 1.82) is 0 Å². The number of aryl methyl sites for hydroxylation is 8. The van der Waals surface area contributed by atoms with Gasteiger partial charge in [-0.05, 0) is 128 Å². The third-order valence-electron chi connectivity index (χ3n) is 21.5. The predicted molar refractivity (Wildman–Crippen MR) is 519 cm³/mol. The van der Waals surface area contributed by atoms with E-state index in [2.05, 4.69) is 171 Å². The van der Waals surface area contributed by atoms with Gasteiger partial charge in [-0.2, -0.15) is 39.7 Å². The molecule has 140 heavy (non-hydrogen) atoms. The molecule has 12 aromatic rings. The third kappa shape index (κ3) is 27.2. The minimum atomic E-state index is -0.595. The zero-order valence-electron chi connectivity index (χ0n) is 79.2. The maximum absolute atomic E-state index is 10.8. The van der Waals surface area contributed by atoms with E-state index >= 15 is 0 Å². The molecule has 0 fully saturated rings. The fourth-order valence-corrected chi connectivity index (χ4v) is 14.3. The number of phenols is 4. The topological polar surface area (TPSA) is 585 Å². The first-order valence-corrected chi connectivity index (χ1v) is 43.5. The molecule has 8 N–H and O–H groups in total. The SMILES string of the molecule is CCCc1nn(C)c(O)c1N=Nc1cc([N+](=O)[O-])ccc1O.CCCc1nn(C)c(O)c1N=Nc1cc([N+](=O)[O-])ccc1O.CCCc1nn(C)c(O)c1N=Nc1cc([N+](=O)[O-])ccc1O.CCCc1nn(C)c(O)c1N=Nc1cc([N+](=O)[O-])ccc1O.CC[N+]1=C(/C=N/N(C)c2ccc(Cl)cc2)C(C)(C)c2ccccc21.CC[N+]1=C(/C=N/N(C)c2ccc([N+](=O)[O-])cc2)C(C)(C)c2ccccc21.[Co].[Co]. The zero-order valence-corrected chi connectivity index (χ0v) is 82.0. The molecule has 0 saturated heterocycles. The second-order valence-electron chi connectivity index (χ2n) is 31.8. The van der Waals surface area contributed by atoms with E-state index in [1.807, 2.05) is 83.5 Å². The van der Waals surface area contributed by atoms with Gasteiger partial charge in [0, 0.05) is 165 Å². The van der Waals surface area contributed by atoms with Crippen LogP contribution in [0.25, 0.3) is 0 Å². The molecule has 0 saturated carbocycles. The Bertz CT molecular complexity index is 6230. The Morgan fingerprint density at radius 2 is 0.600 bits per heavy atom. The molecule has 14 rings (SSSR count). The van der Waals surface area contributed by atoms with Crippen molar-refractivity contribution in [3.8, 4) is 46.5 Å². The van der Waals surface area contributed by atoms with Gasteiger partial charge in [-0.25, -0.2) is 18.7 Å². The minimum Gasteiger partial charge on any atom is -0.506 e. The van der Waals surface area contributed by atoms with E-state index in [0.717, 1.165) is 85.1 Å². The summed E-state index contributed by atoms with van der Waals surface area (Å²) in [6, 6.07) is 44.8. The van der Waals surface area contributed by atoms with Crippen molar-refractivity contribution in [2.75, 3.05) is 37.2 Å². The Morgan fingerprint density at radius 3 is 0.836 bits per heavy atom. The summed E-state index contributed by atoms with van der Waals surface area (Å²) in [4.78, 5) is 50.9. The van der Waals surface area contributed by atoms with Gasteiger partial charge in [0.25, 0.3) is 28.4 Å². The Hall–Kier alpha value is -16.0. The molecule has 2 radical (unpaired) electrons. The molecule has 0 unspecified atom stereocenters. The number of phenolic OH excluding ortho intramolecular Hbond substituents is 4. The zero-order chi connectivity index (χ0) is 101. The predicted octanol–water partition coefficient (Wildman–Crippen LogP) is 21.4. The van der Waals surface area contributed by atoms with Crippen molar-refractivity contribution in [2.24, 2.45) is 79.3 Å². The second-order valence-corrected chi connectivity index (χ2v) is 32.3. The maximum Gasteiger partial charge on any atom is 0.271 e. The number of rotatable bonds is 29. The number of fused-ring (bicyclic) bond motifs is 2. The average molecular weight is 2030 g/mol. The molecular formula is C92H106ClCo2N27O18+2. The van der Waals surface area contributed by atoms with Crippen LogP contribution in [-0.2, 0) is 98.3 Å². The molecule has 4 aromatic heterocycles. The van der Waals surface area contributed by atoms with Crippen molar-refractivity contribution in [3.05, 3.63) is 259 Å². The molecule has 8 aromatic carbocycles. The number of aromatic nitrogens is 8. The summed E-state index contributed by atoms with van der Waals surface area (Å²) in [7, 11) is 10.1. The number of hydrogen-bond donors (Lipinski definition) is 8. The van der Waals surface area contributed by atoms with Gasteiger partial charge < -0.3 is 40.9 Å². The first-order valence-electron chi connectivity index (χ1n) is 43.2. The van der Waals surface area contributed by atoms with Crippen molar-refractivity contribution in [1.82, 2.24) is 39.1 Å². The summed E-state index contributed by atoms with van der Waals surface area (Å²) < 4.78 is 9.70. The number of para-hydroxylation sites is 2. The van der Waals surface area contributed by atoms with Gasteiger partial charge in [-0.3, -0.25) is 60.6 Å². The molecular weight excluding hydrogens is 1920 g/mol. The van der Waals surface area contributed by atoms with E-state index < -0.39 is 24.6 Å². The first-order chi connectivity index (χ1) is 65.5. The summed E-state index contributed by atoms with van der Waals surface area (Å²) in [6.45, 7) is 22.8. The Labute approximate surface area is 828 Å². The third-order valence-corrected chi connectivity index (χ3v) is 21.7. The summed E-state index contributed by atoms with van der Waals surface area (Å²) in [5.41, 5.74) is 11.1. The van der Waals surface area contributed by atoms with Crippen molar-refractivity contribution in [2.45, 2.75) is 131 Å². The standard InChI is InChI=1S/C20H23ClN3.C20H23N4O2.4C13H15N5O4.2Co/c1-5-24-18-9-7-6-8-17(18)20(2,3)19(24)14-22-23(4)16-12-10-15(21)11-13-16;1-5-23-18-9-7-6-8-17(18)20(2,3)19(23)14-21-22(4)15-10-12-16(13-11-15)24(25)26;4*1-3-4-9-12(13(20)17(2)16-9)15-14-10-7-8(18(21)22)5-6-11(10)19;;/h6-14H,5H2,1-4H3;6-14H,5H2,1-4H3;4*5-7,19-20H,3-4H2,1-2H3;;/q2*+1;;;;;;. The number of hydrogen-bond acceptors (Lipinski definition) is 34. The maximum atomic E-state index is 10.8. The Balaban J connectivity index is 0.000000228. The molecule has 2 aliphatic rings. The molecule has 740 valence electrons. The number of nitrogens with zero attached hydrogens (tertiary/aromatic N) is 27. The summed E-state index contributed by atoms with van der Waals surface area (Å²) in [5, 5.41) is 193. The van der Waals surface area contributed by atoms with Crippen LogP contribution in [0, 0.1) is 50.6 Å². The van der Waals surface area contributed by atoms with Gasteiger partial charge in [-0.15, -0.1) is 40.9 Å². The van der Waals surface area contributed by atoms with E-state index in [0.29, 0.717) is 48.5 Å². The normalized spacial score (nSPS) is 12.6. The van der Waals surface area contributed by atoms with Crippen LogP contribution in [0.15, 0.2) is 221 Å².